The largest absolute Gasteiger partial charge is 0.451 e. The molecule has 3 aromatic rings. The van der Waals surface area contributed by atoms with Crippen molar-refractivity contribution in [3.05, 3.63) is 65.4 Å². The van der Waals surface area contributed by atoms with Crippen molar-refractivity contribution in [2.24, 2.45) is 0 Å². The highest BCUT2D eigenvalue weighted by atomic mass is 16.5. The van der Waals surface area contributed by atoms with Crippen LogP contribution in [0.15, 0.2) is 52.9 Å². The lowest BCUT2D eigenvalue weighted by molar-refractivity contribution is 0.0992. The molecule has 1 amide bonds. The van der Waals surface area contributed by atoms with E-state index in [1.807, 2.05) is 48.5 Å². The third-order valence-electron chi connectivity index (χ3n) is 4.18. The van der Waals surface area contributed by atoms with Gasteiger partial charge in [0.25, 0.3) is 5.91 Å². The van der Waals surface area contributed by atoms with E-state index in [0.717, 1.165) is 22.2 Å². The number of rotatable bonds is 4. The maximum atomic E-state index is 12.9. The second-order valence-corrected chi connectivity index (χ2v) is 7.09. The van der Waals surface area contributed by atoms with Gasteiger partial charge in [0.2, 0.25) is 0 Å². The highest BCUT2D eigenvalue weighted by molar-refractivity contribution is 6.06. The number of para-hydroxylation sites is 2. The number of carbonyl (C=O) groups is 1. The fourth-order valence-electron chi connectivity index (χ4n) is 3.00. The van der Waals surface area contributed by atoms with Crippen molar-refractivity contribution in [2.45, 2.75) is 32.8 Å². The first-order valence-corrected chi connectivity index (χ1v) is 8.32. The molecule has 2 aromatic carbocycles. The van der Waals surface area contributed by atoms with E-state index in [4.69, 9.17) is 9.15 Å². The predicted molar refractivity (Wildman–Crippen MR) is 100 cm³/mol. The molecule has 0 atom stereocenters. The van der Waals surface area contributed by atoms with Gasteiger partial charge in [0.15, 0.2) is 5.76 Å². The van der Waals surface area contributed by atoms with Crippen LogP contribution in [-0.4, -0.2) is 13.0 Å². The van der Waals surface area contributed by atoms with Gasteiger partial charge in [0.1, 0.15) is 5.58 Å². The average Bonchev–Trinajstić information content (AvgIpc) is 2.94. The Kier molecular flexibility index (Phi) is 4.64. The average molecular weight is 337 g/mol. The lowest BCUT2D eigenvalue weighted by atomic mass is 9.86. The summed E-state index contributed by atoms with van der Waals surface area (Å²) in [6, 6.07) is 15.4. The smallest absolute Gasteiger partial charge is 0.291 e. The number of anilines is 1. The van der Waals surface area contributed by atoms with Crippen molar-refractivity contribution in [1.82, 2.24) is 0 Å². The summed E-state index contributed by atoms with van der Waals surface area (Å²) in [5.74, 6) is 0.0340. The van der Waals surface area contributed by atoms with E-state index < -0.39 is 0 Å². The normalized spacial score (nSPS) is 11.7. The fraction of sp³-hybridized carbons (Fsp3) is 0.286. The molecule has 130 valence electrons. The number of hydrogen-bond acceptors (Lipinski definition) is 3. The number of methoxy groups -OCH3 is 1. The molecule has 3 rings (SSSR count). The summed E-state index contributed by atoms with van der Waals surface area (Å²) in [4.78, 5) is 12.9. The fourth-order valence-corrected chi connectivity index (χ4v) is 3.00. The van der Waals surface area contributed by atoms with Crippen LogP contribution in [-0.2, 0) is 16.8 Å². The highest BCUT2D eigenvalue weighted by Crippen LogP contribution is 2.31. The van der Waals surface area contributed by atoms with Gasteiger partial charge >= 0.3 is 0 Å². The number of hydrogen-bond donors (Lipinski definition) is 1. The summed E-state index contributed by atoms with van der Waals surface area (Å²) >= 11 is 0. The number of carbonyl (C=O) groups excluding carboxylic acids is 1. The van der Waals surface area contributed by atoms with Gasteiger partial charge < -0.3 is 14.5 Å². The molecule has 0 unspecified atom stereocenters. The Bertz CT molecular complexity index is 903. The first-order chi connectivity index (χ1) is 11.9. The zero-order chi connectivity index (χ0) is 18.0. The molecule has 4 heteroatoms. The molecule has 0 fully saturated rings. The Morgan fingerprint density at radius 2 is 1.76 bits per heavy atom. The summed E-state index contributed by atoms with van der Waals surface area (Å²) in [6.45, 7) is 6.68. The number of nitrogens with one attached hydrogen (secondary N) is 1. The van der Waals surface area contributed by atoms with Gasteiger partial charge in [-0.2, -0.15) is 0 Å². The molecule has 0 spiro atoms. The SMILES string of the molecule is COCc1c(C(=O)Nc2ccccc2C(C)(C)C)oc2ccccc12. The first kappa shape index (κ1) is 17.2. The molecule has 0 aliphatic carbocycles. The van der Waals surface area contributed by atoms with Gasteiger partial charge in [-0.05, 0) is 23.1 Å². The Morgan fingerprint density at radius 1 is 1.08 bits per heavy atom. The van der Waals surface area contributed by atoms with E-state index in [9.17, 15) is 4.79 Å². The van der Waals surface area contributed by atoms with Gasteiger partial charge in [-0.3, -0.25) is 4.79 Å². The lowest BCUT2D eigenvalue weighted by Gasteiger charge is -2.22. The zero-order valence-electron chi connectivity index (χ0n) is 15.1. The molecule has 0 bridgehead atoms. The monoisotopic (exact) mass is 337 g/mol. The molecule has 1 aromatic heterocycles. The number of ether oxygens (including phenoxy) is 1. The number of benzene rings is 2. The lowest BCUT2D eigenvalue weighted by Crippen LogP contribution is -2.19. The van der Waals surface area contributed by atoms with Crippen LogP contribution < -0.4 is 5.32 Å². The van der Waals surface area contributed by atoms with E-state index in [1.54, 1.807) is 7.11 Å². The Hall–Kier alpha value is -2.59. The topological polar surface area (TPSA) is 51.5 Å². The molecule has 0 aliphatic rings. The molecule has 1 heterocycles. The van der Waals surface area contributed by atoms with E-state index in [0.29, 0.717) is 18.0 Å². The number of amides is 1. The summed E-state index contributed by atoms with van der Waals surface area (Å²) in [5.41, 5.74) is 3.25. The maximum absolute atomic E-state index is 12.9. The highest BCUT2D eigenvalue weighted by Gasteiger charge is 2.23. The summed E-state index contributed by atoms with van der Waals surface area (Å²) in [7, 11) is 1.61. The Morgan fingerprint density at radius 3 is 2.48 bits per heavy atom. The van der Waals surface area contributed by atoms with Crippen LogP contribution >= 0.6 is 0 Å². The van der Waals surface area contributed by atoms with Gasteiger partial charge in [-0.1, -0.05) is 57.2 Å². The minimum atomic E-state index is -0.264. The predicted octanol–water partition coefficient (Wildman–Crippen LogP) is 5.13. The minimum absolute atomic E-state index is 0.0763. The standard InChI is InChI=1S/C21H23NO3/c1-21(2,3)16-10-6-7-11-17(16)22-20(23)19-15(13-24-4)14-9-5-8-12-18(14)25-19/h5-12H,13H2,1-4H3,(H,22,23). The Labute approximate surface area is 147 Å². The minimum Gasteiger partial charge on any atom is -0.451 e. The van der Waals surface area contributed by atoms with Crippen LogP contribution in [0.3, 0.4) is 0 Å². The van der Waals surface area contributed by atoms with Crippen LogP contribution in [0.25, 0.3) is 11.0 Å². The molecule has 0 saturated heterocycles. The van der Waals surface area contributed by atoms with Crippen LogP contribution in [0.1, 0.15) is 42.5 Å². The molecule has 0 saturated carbocycles. The van der Waals surface area contributed by atoms with E-state index in [1.165, 1.54) is 0 Å². The summed E-state index contributed by atoms with van der Waals surface area (Å²) < 4.78 is 11.1. The number of furan rings is 1. The van der Waals surface area contributed by atoms with Crippen LogP contribution in [0, 0.1) is 0 Å². The van der Waals surface area contributed by atoms with Crippen LogP contribution in [0.4, 0.5) is 5.69 Å². The van der Waals surface area contributed by atoms with E-state index in [2.05, 4.69) is 26.1 Å². The molecular weight excluding hydrogens is 314 g/mol. The van der Waals surface area contributed by atoms with Crippen molar-refractivity contribution < 1.29 is 13.9 Å². The van der Waals surface area contributed by atoms with Crippen molar-refractivity contribution in [2.75, 3.05) is 12.4 Å². The van der Waals surface area contributed by atoms with Crippen molar-refractivity contribution in [3.63, 3.8) is 0 Å². The molecule has 1 N–H and O–H groups in total. The van der Waals surface area contributed by atoms with Gasteiger partial charge in [-0.25, -0.2) is 0 Å². The second kappa shape index (κ2) is 6.73. The summed E-state index contributed by atoms with van der Waals surface area (Å²) in [6.07, 6.45) is 0. The molecular formula is C21H23NO3. The molecule has 25 heavy (non-hydrogen) atoms. The second-order valence-electron chi connectivity index (χ2n) is 7.09. The number of fused-ring (bicyclic) bond motifs is 1. The first-order valence-electron chi connectivity index (χ1n) is 8.32. The molecule has 4 nitrogen and oxygen atoms in total. The maximum Gasteiger partial charge on any atom is 0.291 e. The van der Waals surface area contributed by atoms with Crippen LogP contribution in [0.2, 0.25) is 0 Å². The summed E-state index contributed by atoms with van der Waals surface area (Å²) in [5, 5.41) is 3.91. The molecule has 0 radical (unpaired) electrons. The quantitative estimate of drug-likeness (QED) is 0.718. The van der Waals surface area contributed by atoms with E-state index >= 15 is 0 Å². The molecule has 0 aliphatic heterocycles. The van der Waals surface area contributed by atoms with Crippen molar-refractivity contribution in [1.29, 1.82) is 0 Å². The van der Waals surface area contributed by atoms with Gasteiger partial charge in [0.05, 0.1) is 6.61 Å². The van der Waals surface area contributed by atoms with E-state index in [-0.39, 0.29) is 11.3 Å². The van der Waals surface area contributed by atoms with Crippen molar-refractivity contribution in [3.8, 4) is 0 Å². The van der Waals surface area contributed by atoms with Crippen LogP contribution in [0.5, 0.6) is 0 Å². The zero-order valence-corrected chi connectivity index (χ0v) is 15.1. The van der Waals surface area contributed by atoms with Gasteiger partial charge in [-0.15, -0.1) is 0 Å². The Balaban J connectivity index is 2.00. The third-order valence-corrected chi connectivity index (χ3v) is 4.18. The third kappa shape index (κ3) is 3.44. The van der Waals surface area contributed by atoms with Gasteiger partial charge in [0, 0.05) is 23.7 Å². The van der Waals surface area contributed by atoms with Crippen molar-refractivity contribution >= 4 is 22.6 Å².